The van der Waals surface area contributed by atoms with E-state index < -0.39 is 0 Å². The fraction of sp³-hybridized carbons (Fsp3) is 0.375. The van der Waals surface area contributed by atoms with E-state index in [-0.39, 0.29) is 29.8 Å². The molecule has 8 heteroatoms. The van der Waals surface area contributed by atoms with Crippen molar-refractivity contribution >= 4 is 51.8 Å². The molecule has 1 spiro atoms. The average molecular weight is 645 g/mol. The number of piperidine rings is 1. The lowest BCUT2D eigenvalue weighted by Gasteiger charge is -2.38. The summed E-state index contributed by atoms with van der Waals surface area (Å²) in [4.78, 5) is 30.8. The molecule has 2 aliphatic heterocycles. The molecule has 2 aliphatic rings. The largest absolute Gasteiger partial charge is 0.349 e. The highest BCUT2D eigenvalue weighted by molar-refractivity contribution is 9.10. The number of carbonyl (C=O) groups excluding carboxylic acids is 2. The van der Waals surface area contributed by atoms with Crippen LogP contribution in [0, 0.1) is 5.41 Å². The van der Waals surface area contributed by atoms with Crippen LogP contribution < -0.4 is 5.32 Å². The number of likely N-dealkylation sites (tertiary alicyclic amines) is 2. The van der Waals surface area contributed by atoms with Crippen LogP contribution in [0.5, 0.6) is 0 Å². The molecule has 2 heterocycles. The Morgan fingerprint density at radius 2 is 1.62 bits per heavy atom. The van der Waals surface area contributed by atoms with E-state index in [4.69, 9.17) is 11.6 Å². The van der Waals surface area contributed by atoms with Gasteiger partial charge in [-0.3, -0.25) is 9.59 Å². The second-order valence-corrected chi connectivity index (χ2v) is 12.2. The van der Waals surface area contributed by atoms with E-state index in [1.807, 2.05) is 71.6 Å². The summed E-state index contributed by atoms with van der Waals surface area (Å²) in [7, 11) is 0. The summed E-state index contributed by atoms with van der Waals surface area (Å²) in [5, 5.41) is 3.92. The van der Waals surface area contributed by atoms with Crippen molar-refractivity contribution in [3.63, 3.8) is 0 Å². The van der Waals surface area contributed by atoms with Gasteiger partial charge in [0.25, 0.3) is 0 Å². The Morgan fingerprint density at radius 3 is 2.33 bits per heavy atom. The van der Waals surface area contributed by atoms with E-state index in [0.717, 1.165) is 67.5 Å². The maximum absolute atomic E-state index is 13.5. The van der Waals surface area contributed by atoms with Crippen molar-refractivity contribution in [2.24, 2.45) is 5.41 Å². The molecule has 5 nitrogen and oxygen atoms in total. The van der Waals surface area contributed by atoms with Crippen LogP contribution in [0.25, 0.3) is 0 Å². The minimum Gasteiger partial charge on any atom is -0.349 e. The van der Waals surface area contributed by atoms with Gasteiger partial charge in [-0.25, -0.2) is 0 Å². The molecule has 0 bridgehead atoms. The van der Waals surface area contributed by atoms with Gasteiger partial charge >= 0.3 is 0 Å². The SMILES string of the molecule is Cl.O=C(Cc1ccccc1)NC(CCN1CCC2(CC1)CCN(Cc1ccc(Br)cc1)C2=O)c1cccc(Cl)c1. The normalized spacial score (nSPS) is 17.4. The first-order valence-electron chi connectivity index (χ1n) is 13.8. The monoisotopic (exact) mass is 643 g/mol. The van der Waals surface area contributed by atoms with Crippen molar-refractivity contribution in [2.75, 3.05) is 26.2 Å². The quantitative estimate of drug-likeness (QED) is 0.278. The molecule has 2 fully saturated rings. The summed E-state index contributed by atoms with van der Waals surface area (Å²) < 4.78 is 1.05. The molecule has 2 saturated heterocycles. The number of carbonyl (C=O) groups is 2. The van der Waals surface area contributed by atoms with E-state index in [2.05, 4.69) is 38.3 Å². The van der Waals surface area contributed by atoms with Gasteiger partial charge in [0.1, 0.15) is 0 Å². The second kappa shape index (κ2) is 14.0. The van der Waals surface area contributed by atoms with Gasteiger partial charge in [0.05, 0.1) is 17.9 Å². The predicted octanol–water partition coefficient (Wildman–Crippen LogP) is 6.83. The Balaban J connectivity index is 0.00000370. The highest BCUT2D eigenvalue weighted by Crippen LogP contribution is 2.42. The number of nitrogens with one attached hydrogen (secondary N) is 1. The molecular formula is C32H36BrCl2N3O2. The molecule has 3 aromatic carbocycles. The molecule has 1 N–H and O–H groups in total. The van der Waals surface area contributed by atoms with Crippen LogP contribution in [0.1, 0.15) is 48.4 Å². The minimum atomic E-state index is -0.220. The summed E-state index contributed by atoms with van der Waals surface area (Å²) in [5.74, 6) is 0.321. The summed E-state index contributed by atoms with van der Waals surface area (Å²) in [6.45, 7) is 4.17. The number of amides is 2. The fourth-order valence-corrected chi connectivity index (χ4v) is 6.37. The van der Waals surface area contributed by atoms with Crippen LogP contribution >= 0.6 is 39.9 Å². The topological polar surface area (TPSA) is 52.7 Å². The lowest BCUT2D eigenvalue weighted by atomic mass is 9.77. The highest BCUT2D eigenvalue weighted by atomic mass is 79.9. The Bertz CT molecular complexity index is 1280. The Kier molecular flexibility index (Phi) is 10.7. The Morgan fingerprint density at radius 1 is 0.925 bits per heavy atom. The molecule has 0 saturated carbocycles. The van der Waals surface area contributed by atoms with Gasteiger partial charge in [0, 0.05) is 29.1 Å². The van der Waals surface area contributed by atoms with Crippen molar-refractivity contribution in [1.29, 1.82) is 0 Å². The van der Waals surface area contributed by atoms with Gasteiger partial charge in [0.2, 0.25) is 11.8 Å². The van der Waals surface area contributed by atoms with Gasteiger partial charge in [-0.2, -0.15) is 0 Å². The van der Waals surface area contributed by atoms with Gasteiger partial charge in [-0.1, -0.05) is 82.1 Å². The maximum Gasteiger partial charge on any atom is 0.229 e. The Labute approximate surface area is 256 Å². The molecule has 40 heavy (non-hydrogen) atoms. The number of hydrogen-bond acceptors (Lipinski definition) is 3. The van der Waals surface area contributed by atoms with Crippen LogP contribution in [0.3, 0.4) is 0 Å². The van der Waals surface area contributed by atoms with Crippen molar-refractivity contribution in [3.05, 3.63) is 105 Å². The molecular weight excluding hydrogens is 609 g/mol. The standard InChI is InChI=1S/C32H35BrClN3O2.ClH/c33-27-11-9-25(10-12-27)23-37-20-16-32(31(37)39)14-18-36(19-15-32)17-13-29(26-7-4-8-28(34)22-26)35-30(38)21-24-5-2-1-3-6-24;/h1-12,22,29H,13-21,23H2,(H,35,38);1H. The molecule has 0 aliphatic carbocycles. The first kappa shape index (κ1) is 30.6. The maximum atomic E-state index is 13.5. The molecule has 5 rings (SSSR count). The fourth-order valence-electron chi connectivity index (χ4n) is 5.91. The lowest BCUT2D eigenvalue weighted by molar-refractivity contribution is -0.139. The third kappa shape index (κ3) is 7.67. The molecule has 0 radical (unpaired) electrons. The van der Waals surface area contributed by atoms with Crippen molar-refractivity contribution in [2.45, 2.75) is 44.7 Å². The third-order valence-corrected chi connectivity index (χ3v) is 8.99. The van der Waals surface area contributed by atoms with Gasteiger partial charge < -0.3 is 15.1 Å². The molecule has 1 unspecified atom stereocenters. The molecule has 3 aromatic rings. The van der Waals surface area contributed by atoms with Crippen LogP contribution in [0.15, 0.2) is 83.3 Å². The highest BCUT2D eigenvalue weighted by Gasteiger charge is 2.47. The van der Waals surface area contributed by atoms with Crippen molar-refractivity contribution < 1.29 is 9.59 Å². The zero-order valence-corrected chi connectivity index (χ0v) is 25.7. The van der Waals surface area contributed by atoms with Crippen molar-refractivity contribution in [3.8, 4) is 0 Å². The molecule has 1 atom stereocenters. The summed E-state index contributed by atoms with van der Waals surface area (Å²) in [6.07, 6.45) is 3.87. The van der Waals surface area contributed by atoms with Crippen LogP contribution in [-0.2, 0) is 22.6 Å². The third-order valence-electron chi connectivity index (χ3n) is 8.23. The van der Waals surface area contributed by atoms with E-state index >= 15 is 0 Å². The average Bonchev–Trinajstić information content (AvgIpc) is 3.23. The predicted molar refractivity (Wildman–Crippen MR) is 167 cm³/mol. The summed E-state index contributed by atoms with van der Waals surface area (Å²) in [5.41, 5.74) is 2.97. The molecule has 212 valence electrons. The second-order valence-electron chi connectivity index (χ2n) is 10.9. The van der Waals surface area contributed by atoms with E-state index in [1.54, 1.807) is 0 Å². The van der Waals surface area contributed by atoms with E-state index in [1.165, 1.54) is 5.56 Å². The summed E-state index contributed by atoms with van der Waals surface area (Å²) >= 11 is 9.78. The number of nitrogens with zero attached hydrogens (tertiary/aromatic N) is 2. The van der Waals surface area contributed by atoms with Crippen LogP contribution in [0.2, 0.25) is 5.02 Å². The Hall–Kier alpha value is -2.38. The number of rotatable bonds is 9. The zero-order valence-electron chi connectivity index (χ0n) is 22.5. The van der Waals surface area contributed by atoms with E-state index in [9.17, 15) is 9.59 Å². The zero-order chi connectivity index (χ0) is 27.2. The first-order valence-corrected chi connectivity index (χ1v) is 14.9. The van der Waals surface area contributed by atoms with Crippen molar-refractivity contribution in [1.82, 2.24) is 15.1 Å². The minimum absolute atomic E-state index is 0. The van der Waals surface area contributed by atoms with Crippen LogP contribution in [0.4, 0.5) is 0 Å². The number of benzene rings is 3. The molecule has 2 amide bonds. The van der Waals surface area contributed by atoms with Gasteiger partial charge in [-0.05, 0) is 79.7 Å². The number of halogens is 3. The summed E-state index contributed by atoms with van der Waals surface area (Å²) in [6, 6.07) is 25.7. The lowest BCUT2D eigenvalue weighted by Crippen LogP contribution is -2.45. The van der Waals surface area contributed by atoms with Gasteiger partial charge in [0.15, 0.2) is 0 Å². The van der Waals surface area contributed by atoms with E-state index in [0.29, 0.717) is 23.9 Å². The van der Waals surface area contributed by atoms with Crippen LogP contribution in [-0.4, -0.2) is 47.8 Å². The van der Waals surface area contributed by atoms with Gasteiger partial charge in [-0.15, -0.1) is 12.4 Å². The smallest absolute Gasteiger partial charge is 0.229 e. The number of hydrogen-bond donors (Lipinski definition) is 1. The molecule has 0 aromatic heterocycles. The first-order chi connectivity index (χ1) is 18.9.